The fraction of sp³-hybridized carbons (Fsp3) is 0.524. The molecule has 0 spiro atoms. The standard InChI is InChI=1S/C21H26N4O2S/c26-28(27,13-25-15-2-1-3-15)16-6-4-14(5-7-16)17-8-10-22-19-12-24-21-18(20(17)19)9-11-23-21/h8-12,14-16,25H,1-7,13H2,(H,23,24). The molecule has 0 amide bonds. The highest BCUT2D eigenvalue weighted by atomic mass is 32.2. The van der Waals surface area contributed by atoms with Crippen molar-refractivity contribution in [1.82, 2.24) is 20.3 Å². The van der Waals surface area contributed by atoms with Crippen molar-refractivity contribution < 1.29 is 8.42 Å². The molecule has 2 N–H and O–H groups in total. The maximum absolute atomic E-state index is 12.7. The van der Waals surface area contributed by atoms with Gasteiger partial charge in [-0.1, -0.05) is 6.42 Å². The van der Waals surface area contributed by atoms with Gasteiger partial charge in [-0.05, 0) is 62.1 Å². The molecular formula is C21H26N4O2S. The third kappa shape index (κ3) is 3.20. The number of hydrogen-bond acceptors (Lipinski definition) is 5. The molecule has 0 unspecified atom stereocenters. The summed E-state index contributed by atoms with van der Waals surface area (Å²) in [6, 6.07) is 4.57. The van der Waals surface area contributed by atoms with E-state index in [0.717, 1.165) is 60.5 Å². The molecule has 2 saturated carbocycles. The number of hydrogen-bond donors (Lipinski definition) is 2. The molecule has 3 aromatic rings. The number of H-pyrrole nitrogens is 1. The van der Waals surface area contributed by atoms with Gasteiger partial charge in [0.15, 0.2) is 9.84 Å². The van der Waals surface area contributed by atoms with E-state index in [2.05, 4.69) is 32.4 Å². The fourth-order valence-corrected chi connectivity index (χ4v) is 6.41. The van der Waals surface area contributed by atoms with Gasteiger partial charge in [0.1, 0.15) is 5.65 Å². The van der Waals surface area contributed by atoms with Gasteiger partial charge in [0.05, 0.1) is 22.8 Å². The number of pyridine rings is 2. The largest absolute Gasteiger partial charge is 0.346 e. The van der Waals surface area contributed by atoms with Gasteiger partial charge in [-0.15, -0.1) is 0 Å². The molecule has 6 nitrogen and oxygen atoms in total. The van der Waals surface area contributed by atoms with E-state index < -0.39 is 9.84 Å². The number of aromatic amines is 1. The first-order valence-electron chi connectivity index (χ1n) is 10.3. The summed E-state index contributed by atoms with van der Waals surface area (Å²) in [7, 11) is -3.07. The third-order valence-corrected chi connectivity index (χ3v) is 8.68. The minimum Gasteiger partial charge on any atom is -0.346 e. The predicted octanol–water partition coefficient (Wildman–Crippen LogP) is 3.65. The van der Waals surface area contributed by atoms with Gasteiger partial charge in [-0.2, -0.15) is 0 Å². The van der Waals surface area contributed by atoms with Crippen molar-refractivity contribution in [2.24, 2.45) is 0 Å². The van der Waals surface area contributed by atoms with Crippen molar-refractivity contribution in [3.63, 3.8) is 0 Å². The Morgan fingerprint density at radius 1 is 1.07 bits per heavy atom. The maximum atomic E-state index is 12.7. The van der Waals surface area contributed by atoms with E-state index in [4.69, 9.17) is 0 Å². The van der Waals surface area contributed by atoms with Crippen LogP contribution in [0.25, 0.3) is 21.9 Å². The Hall–Kier alpha value is -1.99. The van der Waals surface area contributed by atoms with E-state index >= 15 is 0 Å². The Morgan fingerprint density at radius 3 is 2.64 bits per heavy atom. The highest BCUT2D eigenvalue weighted by molar-refractivity contribution is 7.91. The van der Waals surface area contributed by atoms with Crippen LogP contribution in [0.4, 0.5) is 0 Å². The topological polar surface area (TPSA) is 87.7 Å². The number of nitrogens with zero attached hydrogens (tertiary/aromatic N) is 2. The van der Waals surface area contributed by atoms with Crippen LogP contribution in [0.3, 0.4) is 0 Å². The quantitative estimate of drug-likeness (QED) is 0.685. The molecule has 3 aromatic heterocycles. The summed E-state index contributed by atoms with van der Waals surface area (Å²) in [5.41, 5.74) is 3.06. The highest BCUT2D eigenvalue weighted by Gasteiger charge is 2.32. The van der Waals surface area contributed by atoms with E-state index in [1.807, 2.05) is 18.6 Å². The zero-order valence-electron chi connectivity index (χ0n) is 15.9. The first-order chi connectivity index (χ1) is 13.6. The molecule has 5 rings (SSSR count). The summed E-state index contributed by atoms with van der Waals surface area (Å²) in [6.45, 7) is 0. The van der Waals surface area contributed by atoms with Crippen LogP contribution in [0.5, 0.6) is 0 Å². The molecule has 0 aromatic carbocycles. The van der Waals surface area contributed by atoms with Crippen LogP contribution in [0.2, 0.25) is 0 Å². The first kappa shape index (κ1) is 18.1. The number of rotatable bonds is 5. The van der Waals surface area contributed by atoms with Crippen molar-refractivity contribution in [2.75, 3.05) is 5.88 Å². The van der Waals surface area contributed by atoms with Gasteiger partial charge in [0, 0.05) is 29.2 Å². The van der Waals surface area contributed by atoms with E-state index in [-0.39, 0.29) is 11.1 Å². The molecule has 3 heterocycles. The average Bonchev–Trinajstić information content (AvgIpc) is 3.15. The molecule has 2 aliphatic carbocycles. The molecule has 28 heavy (non-hydrogen) atoms. The molecule has 148 valence electrons. The van der Waals surface area contributed by atoms with E-state index in [0.29, 0.717) is 12.0 Å². The molecule has 0 aliphatic heterocycles. The average molecular weight is 399 g/mol. The summed E-state index contributed by atoms with van der Waals surface area (Å²) in [6.07, 6.45) is 12.3. The number of fused-ring (bicyclic) bond motifs is 3. The van der Waals surface area contributed by atoms with Crippen molar-refractivity contribution in [1.29, 1.82) is 0 Å². The van der Waals surface area contributed by atoms with Crippen molar-refractivity contribution >= 4 is 31.8 Å². The third-order valence-electron chi connectivity index (χ3n) is 6.62. The Kier molecular flexibility index (Phi) is 4.59. The Balaban J connectivity index is 1.35. The second kappa shape index (κ2) is 7.12. The summed E-state index contributed by atoms with van der Waals surface area (Å²) >= 11 is 0. The molecule has 0 bridgehead atoms. The van der Waals surface area contributed by atoms with Gasteiger partial charge in [0.2, 0.25) is 0 Å². The summed E-state index contributed by atoms with van der Waals surface area (Å²) in [5, 5.41) is 5.28. The molecule has 0 saturated heterocycles. The van der Waals surface area contributed by atoms with E-state index in [9.17, 15) is 8.42 Å². The van der Waals surface area contributed by atoms with Crippen LogP contribution in [0, 0.1) is 0 Å². The van der Waals surface area contributed by atoms with Crippen LogP contribution in [-0.2, 0) is 9.84 Å². The second-order valence-corrected chi connectivity index (χ2v) is 10.6. The number of aromatic nitrogens is 3. The first-order valence-corrected chi connectivity index (χ1v) is 12.0. The lowest BCUT2D eigenvalue weighted by Gasteiger charge is -2.31. The van der Waals surface area contributed by atoms with Crippen molar-refractivity contribution in [2.45, 2.75) is 62.2 Å². The van der Waals surface area contributed by atoms with Crippen LogP contribution in [0.15, 0.2) is 30.7 Å². The molecule has 7 heteroatoms. The Labute approximate surface area is 165 Å². The fourth-order valence-electron chi connectivity index (χ4n) is 4.72. The van der Waals surface area contributed by atoms with Gasteiger partial charge in [-0.3, -0.25) is 4.98 Å². The summed E-state index contributed by atoms with van der Waals surface area (Å²) in [4.78, 5) is 12.1. The molecule has 0 atom stereocenters. The highest BCUT2D eigenvalue weighted by Crippen LogP contribution is 2.39. The lowest BCUT2D eigenvalue weighted by atomic mass is 9.82. The van der Waals surface area contributed by atoms with Crippen molar-refractivity contribution in [3.8, 4) is 0 Å². The molecule has 2 aliphatic rings. The van der Waals surface area contributed by atoms with Crippen LogP contribution < -0.4 is 5.32 Å². The number of sulfone groups is 1. The lowest BCUT2D eigenvalue weighted by molar-refractivity contribution is 0.353. The summed E-state index contributed by atoms with van der Waals surface area (Å²) in [5.74, 6) is 0.512. The zero-order chi connectivity index (χ0) is 19.1. The maximum Gasteiger partial charge on any atom is 0.166 e. The van der Waals surface area contributed by atoms with Crippen LogP contribution in [-0.4, -0.2) is 40.5 Å². The molecule has 0 radical (unpaired) electrons. The minimum absolute atomic E-state index is 0.140. The van der Waals surface area contributed by atoms with Gasteiger partial charge in [-0.25, -0.2) is 13.4 Å². The lowest BCUT2D eigenvalue weighted by Crippen LogP contribution is -2.41. The molecule has 2 fully saturated rings. The van der Waals surface area contributed by atoms with Crippen LogP contribution in [0.1, 0.15) is 56.4 Å². The van der Waals surface area contributed by atoms with Crippen molar-refractivity contribution in [3.05, 3.63) is 36.3 Å². The zero-order valence-corrected chi connectivity index (χ0v) is 16.7. The monoisotopic (exact) mass is 398 g/mol. The van der Waals surface area contributed by atoms with Gasteiger partial charge < -0.3 is 10.3 Å². The van der Waals surface area contributed by atoms with Gasteiger partial charge in [0.25, 0.3) is 0 Å². The van der Waals surface area contributed by atoms with E-state index in [1.54, 1.807) is 0 Å². The molecular weight excluding hydrogens is 372 g/mol. The Morgan fingerprint density at radius 2 is 1.89 bits per heavy atom. The Bertz CT molecular complexity index is 1100. The van der Waals surface area contributed by atoms with Gasteiger partial charge >= 0.3 is 0 Å². The number of nitrogens with one attached hydrogen (secondary N) is 2. The predicted molar refractivity (Wildman–Crippen MR) is 111 cm³/mol. The van der Waals surface area contributed by atoms with Crippen LogP contribution >= 0.6 is 0 Å². The van der Waals surface area contributed by atoms with E-state index in [1.165, 1.54) is 12.0 Å². The SMILES string of the molecule is O=S(=O)(CNC1CCC1)C1CCC(c2ccnc3cnc4[nH]ccc4c23)CC1. The second-order valence-electron chi connectivity index (χ2n) is 8.27. The minimum atomic E-state index is -3.07. The normalized spacial score (nSPS) is 23.9. The summed E-state index contributed by atoms with van der Waals surface area (Å²) < 4.78 is 25.5. The smallest absolute Gasteiger partial charge is 0.166 e.